The number of quaternary nitrogens is 1. The van der Waals surface area contributed by atoms with Gasteiger partial charge in [0.15, 0.2) is 0 Å². The maximum absolute atomic E-state index is 12.5. The molecule has 126 valence electrons. The molecular formula is C17H24ClN2O2S+. The van der Waals surface area contributed by atoms with E-state index < -0.39 is 10.0 Å². The molecule has 4 nitrogen and oxygen atoms in total. The monoisotopic (exact) mass is 355 g/mol. The molecule has 4 N–H and O–H groups in total. The first-order valence-corrected chi connectivity index (χ1v) is 9.88. The van der Waals surface area contributed by atoms with E-state index in [0.29, 0.717) is 17.0 Å². The highest BCUT2D eigenvalue weighted by Gasteiger charge is 2.17. The van der Waals surface area contributed by atoms with Gasteiger partial charge in [0, 0.05) is 22.3 Å². The quantitative estimate of drug-likeness (QED) is 0.678. The summed E-state index contributed by atoms with van der Waals surface area (Å²) in [6.45, 7) is 1.43. The molecule has 0 aliphatic carbocycles. The summed E-state index contributed by atoms with van der Waals surface area (Å²) in [4.78, 5) is 0.287. The second-order valence-corrected chi connectivity index (χ2v) is 7.75. The largest absolute Gasteiger partial charge is 0.358 e. The molecule has 0 saturated heterocycles. The molecule has 0 spiro atoms. The Bertz CT molecular complexity index is 747. The molecule has 2 aromatic carbocycles. The minimum Gasteiger partial charge on any atom is -0.358 e. The predicted octanol–water partition coefficient (Wildman–Crippen LogP) is 2.96. The van der Waals surface area contributed by atoms with Crippen LogP contribution in [0.15, 0.2) is 41.3 Å². The summed E-state index contributed by atoms with van der Waals surface area (Å²) in [5.41, 5.74) is 3.82. The number of nitrogens with one attached hydrogen (secondary N) is 1. The number of sulfonamides is 1. The van der Waals surface area contributed by atoms with Crippen LogP contribution in [0.4, 0.5) is 0 Å². The van der Waals surface area contributed by atoms with Crippen molar-refractivity contribution in [3.8, 4) is 0 Å². The van der Waals surface area contributed by atoms with Crippen molar-refractivity contribution in [2.75, 3.05) is 13.1 Å². The highest BCUT2D eigenvalue weighted by atomic mass is 35.5. The topological polar surface area (TPSA) is 73.8 Å². The minimum absolute atomic E-state index is 0.287. The maximum Gasteiger partial charge on any atom is 0.241 e. The van der Waals surface area contributed by atoms with Crippen LogP contribution in [0.1, 0.15) is 32.1 Å². The van der Waals surface area contributed by atoms with Gasteiger partial charge in [0.05, 0.1) is 11.4 Å². The number of benzene rings is 2. The normalized spacial score (nSPS) is 11.9. The van der Waals surface area contributed by atoms with Gasteiger partial charge in [0.1, 0.15) is 0 Å². The summed E-state index contributed by atoms with van der Waals surface area (Å²) < 4.78 is 27.8. The molecule has 0 atom stereocenters. The van der Waals surface area contributed by atoms with E-state index in [1.165, 1.54) is 0 Å². The number of halogens is 1. The molecule has 0 unspecified atom stereocenters. The van der Waals surface area contributed by atoms with Crippen LogP contribution in [0.2, 0.25) is 5.02 Å². The highest BCUT2D eigenvalue weighted by molar-refractivity contribution is 7.89. The van der Waals surface area contributed by atoms with E-state index in [1.54, 1.807) is 30.3 Å². The minimum atomic E-state index is -3.52. The Hall–Kier alpha value is -1.14. The van der Waals surface area contributed by atoms with Crippen LogP contribution < -0.4 is 10.5 Å². The lowest BCUT2D eigenvalue weighted by atomic mass is 10.1. The fraction of sp³-hybridized carbons (Fsp3) is 0.412. The third-order valence-electron chi connectivity index (χ3n) is 3.84. The molecule has 0 heterocycles. The van der Waals surface area contributed by atoms with E-state index in [9.17, 15) is 8.42 Å². The first kappa shape index (κ1) is 18.2. The van der Waals surface area contributed by atoms with Gasteiger partial charge in [-0.2, -0.15) is 0 Å². The standard InChI is InChI=1S/C17H23ClN2O2S/c18-16-10-6-9-15-14(16)8-7-11-17(15)23(21,22)20-13-5-3-1-2-4-12-19/h6-11,20H,1-5,12-13,19H2/p+1. The molecule has 23 heavy (non-hydrogen) atoms. The van der Waals surface area contributed by atoms with E-state index in [2.05, 4.69) is 10.5 Å². The van der Waals surface area contributed by atoms with Crippen molar-refractivity contribution in [1.29, 1.82) is 0 Å². The number of unbranched alkanes of at least 4 members (excludes halogenated alkanes) is 4. The van der Waals surface area contributed by atoms with Crippen molar-refractivity contribution in [2.45, 2.75) is 37.0 Å². The number of fused-ring (bicyclic) bond motifs is 1. The van der Waals surface area contributed by atoms with Gasteiger partial charge in [-0.3, -0.25) is 0 Å². The number of rotatable bonds is 9. The average Bonchev–Trinajstić information content (AvgIpc) is 2.54. The zero-order valence-electron chi connectivity index (χ0n) is 13.2. The van der Waals surface area contributed by atoms with E-state index in [-0.39, 0.29) is 4.90 Å². The van der Waals surface area contributed by atoms with Crippen LogP contribution in [0, 0.1) is 0 Å². The zero-order chi connectivity index (χ0) is 16.7. The Morgan fingerprint density at radius 1 is 0.913 bits per heavy atom. The summed E-state index contributed by atoms with van der Waals surface area (Å²) in [7, 11) is -3.52. The van der Waals surface area contributed by atoms with E-state index >= 15 is 0 Å². The zero-order valence-corrected chi connectivity index (χ0v) is 14.8. The third kappa shape index (κ3) is 4.91. The molecule has 0 aromatic heterocycles. The van der Waals surface area contributed by atoms with E-state index in [0.717, 1.165) is 44.0 Å². The van der Waals surface area contributed by atoms with Crippen molar-refractivity contribution in [2.24, 2.45) is 0 Å². The van der Waals surface area contributed by atoms with Crippen molar-refractivity contribution in [3.05, 3.63) is 41.4 Å². The third-order valence-corrected chi connectivity index (χ3v) is 5.69. The van der Waals surface area contributed by atoms with Gasteiger partial charge in [-0.1, -0.05) is 48.7 Å². The Labute approximate surface area is 143 Å². The van der Waals surface area contributed by atoms with E-state index in [4.69, 9.17) is 11.6 Å². The first-order chi connectivity index (χ1) is 11.1. The molecule has 2 aromatic rings. The lowest BCUT2D eigenvalue weighted by molar-refractivity contribution is -0.368. The summed E-state index contributed by atoms with van der Waals surface area (Å²) in [5.74, 6) is 0. The second-order valence-electron chi connectivity index (χ2n) is 5.61. The van der Waals surface area contributed by atoms with Crippen LogP contribution in [0.25, 0.3) is 10.8 Å². The van der Waals surface area contributed by atoms with Crippen molar-refractivity contribution in [3.63, 3.8) is 0 Å². The smallest absolute Gasteiger partial charge is 0.241 e. The van der Waals surface area contributed by atoms with Crippen molar-refractivity contribution in [1.82, 2.24) is 4.72 Å². The average molecular weight is 356 g/mol. The number of hydrogen-bond acceptors (Lipinski definition) is 2. The summed E-state index contributed by atoms with van der Waals surface area (Å²) in [6, 6.07) is 10.5. The predicted molar refractivity (Wildman–Crippen MR) is 95.0 cm³/mol. The van der Waals surface area contributed by atoms with Gasteiger partial charge in [-0.15, -0.1) is 0 Å². The van der Waals surface area contributed by atoms with Gasteiger partial charge in [-0.25, -0.2) is 13.1 Å². The van der Waals surface area contributed by atoms with Crippen LogP contribution in [0.5, 0.6) is 0 Å². The van der Waals surface area contributed by atoms with Crippen molar-refractivity contribution < 1.29 is 14.2 Å². The molecule has 0 bridgehead atoms. The fourth-order valence-corrected chi connectivity index (χ4v) is 4.12. The molecule has 0 aliphatic heterocycles. The summed E-state index contributed by atoms with van der Waals surface area (Å²) >= 11 is 6.15. The summed E-state index contributed by atoms with van der Waals surface area (Å²) in [6.07, 6.45) is 5.31. The Morgan fingerprint density at radius 2 is 1.57 bits per heavy atom. The van der Waals surface area contributed by atoms with Gasteiger partial charge < -0.3 is 5.73 Å². The summed E-state index contributed by atoms with van der Waals surface area (Å²) in [5, 5.41) is 1.97. The molecule has 0 aliphatic rings. The Balaban J connectivity index is 2.02. The van der Waals surface area contributed by atoms with Gasteiger partial charge in [-0.05, 0) is 31.4 Å². The molecule has 0 saturated carbocycles. The lowest BCUT2D eigenvalue weighted by Gasteiger charge is -2.10. The molecule has 0 fully saturated rings. The highest BCUT2D eigenvalue weighted by Crippen LogP contribution is 2.28. The molecule has 6 heteroatoms. The second kappa shape index (κ2) is 8.64. The fourth-order valence-electron chi connectivity index (χ4n) is 2.59. The first-order valence-electron chi connectivity index (χ1n) is 8.02. The van der Waals surface area contributed by atoms with Gasteiger partial charge in [0.25, 0.3) is 0 Å². The SMILES string of the molecule is [NH3+]CCCCCCCNS(=O)(=O)c1cccc2c(Cl)cccc12. The van der Waals surface area contributed by atoms with Crippen LogP contribution in [-0.4, -0.2) is 21.5 Å². The molecule has 0 amide bonds. The van der Waals surface area contributed by atoms with Crippen LogP contribution in [0.3, 0.4) is 0 Å². The number of hydrogen-bond donors (Lipinski definition) is 2. The lowest BCUT2D eigenvalue weighted by Crippen LogP contribution is -2.50. The van der Waals surface area contributed by atoms with Gasteiger partial charge >= 0.3 is 0 Å². The van der Waals surface area contributed by atoms with Crippen LogP contribution in [-0.2, 0) is 10.0 Å². The van der Waals surface area contributed by atoms with Crippen molar-refractivity contribution >= 4 is 32.4 Å². The molecular weight excluding hydrogens is 332 g/mol. The van der Waals surface area contributed by atoms with E-state index in [1.807, 2.05) is 6.07 Å². The van der Waals surface area contributed by atoms with Crippen LogP contribution >= 0.6 is 11.6 Å². The van der Waals surface area contributed by atoms with Gasteiger partial charge in [0.2, 0.25) is 10.0 Å². The maximum atomic E-state index is 12.5. The Kier molecular flexibility index (Phi) is 6.84. The molecule has 0 radical (unpaired) electrons. The Morgan fingerprint density at radius 3 is 2.35 bits per heavy atom. The molecule has 2 rings (SSSR count).